The highest BCUT2D eigenvalue weighted by atomic mass is 32.2. The maximum absolute atomic E-state index is 13.1. The first-order chi connectivity index (χ1) is 16.9. The topological polar surface area (TPSA) is 93.5 Å². The molecule has 0 spiro atoms. The highest BCUT2D eigenvalue weighted by Crippen LogP contribution is 2.25. The van der Waals surface area contributed by atoms with Gasteiger partial charge in [-0.2, -0.15) is 4.31 Å². The van der Waals surface area contributed by atoms with Crippen LogP contribution < -0.4 is 5.32 Å². The summed E-state index contributed by atoms with van der Waals surface area (Å²) >= 11 is 0. The molecule has 1 aliphatic heterocycles. The molecule has 188 valence electrons. The second-order valence-corrected chi connectivity index (χ2v) is 10.7. The van der Waals surface area contributed by atoms with Crippen LogP contribution in [-0.4, -0.2) is 54.5 Å². The molecule has 1 N–H and O–H groups in total. The van der Waals surface area contributed by atoms with Gasteiger partial charge in [0.15, 0.2) is 0 Å². The zero-order valence-electron chi connectivity index (χ0n) is 20.5. The summed E-state index contributed by atoms with van der Waals surface area (Å²) < 4.78 is 35.1. The number of rotatable bonds is 10. The number of fused-ring (bicyclic) bond motifs is 1. The van der Waals surface area contributed by atoms with Gasteiger partial charge in [0, 0.05) is 38.2 Å². The predicted octanol–water partition coefficient (Wildman–Crippen LogP) is 3.99. The normalized spacial score (nSPS) is 14.9. The maximum Gasteiger partial charge on any atom is 0.243 e. The Labute approximate surface area is 207 Å². The highest BCUT2D eigenvalue weighted by Gasteiger charge is 2.27. The highest BCUT2D eigenvalue weighted by molar-refractivity contribution is 7.89. The van der Waals surface area contributed by atoms with Crippen LogP contribution in [0.5, 0.6) is 0 Å². The number of ether oxygens (including phenoxy) is 1. The van der Waals surface area contributed by atoms with Crippen molar-refractivity contribution >= 4 is 32.7 Å². The zero-order chi connectivity index (χ0) is 24.8. The lowest BCUT2D eigenvalue weighted by Crippen LogP contribution is -2.40. The van der Waals surface area contributed by atoms with E-state index in [1.54, 1.807) is 12.1 Å². The molecule has 0 saturated carbocycles. The Balaban J connectivity index is 1.53. The molecule has 1 saturated heterocycles. The fourth-order valence-corrected chi connectivity index (χ4v) is 5.71. The van der Waals surface area contributed by atoms with Crippen LogP contribution in [0.3, 0.4) is 0 Å². The van der Waals surface area contributed by atoms with Crippen LogP contribution in [0.25, 0.3) is 11.0 Å². The molecule has 1 fully saturated rings. The van der Waals surface area contributed by atoms with Gasteiger partial charge in [-0.25, -0.2) is 13.4 Å². The Bertz CT molecular complexity index is 1260. The van der Waals surface area contributed by atoms with E-state index in [0.717, 1.165) is 42.8 Å². The van der Waals surface area contributed by atoms with E-state index in [0.29, 0.717) is 44.7 Å². The lowest BCUT2D eigenvalue weighted by atomic mass is 10.1. The third-order valence-electron chi connectivity index (χ3n) is 6.36. The number of unbranched alkanes of at least 4 members (excludes halogenated alkanes) is 1. The Hall–Kier alpha value is -2.75. The van der Waals surface area contributed by atoms with Crippen molar-refractivity contribution in [3.63, 3.8) is 0 Å². The SMILES string of the molecule is CCCCn1c(CCC(=O)Nc2ccc(CC)cc2)nc2cc(S(=O)(=O)N3CCOCC3)ccc21. The van der Waals surface area contributed by atoms with Gasteiger partial charge in [0.1, 0.15) is 5.82 Å². The molecule has 1 aromatic heterocycles. The van der Waals surface area contributed by atoms with Crippen molar-refractivity contribution < 1.29 is 17.9 Å². The first kappa shape index (κ1) is 25.3. The molecule has 2 heterocycles. The number of nitrogens with zero attached hydrogens (tertiary/aromatic N) is 3. The van der Waals surface area contributed by atoms with Crippen molar-refractivity contribution in [2.24, 2.45) is 0 Å². The zero-order valence-corrected chi connectivity index (χ0v) is 21.3. The van der Waals surface area contributed by atoms with Crippen molar-refractivity contribution in [3.8, 4) is 0 Å². The predicted molar refractivity (Wildman–Crippen MR) is 137 cm³/mol. The number of sulfonamides is 1. The second-order valence-electron chi connectivity index (χ2n) is 8.80. The number of hydrogen-bond acceptors (Lipinski definition) is 5. The molecule has 0 radical (unpaired) electrons. The number of amides is 1. The molecular weight excluding hydrogens is 464 g/mol. The quantitative estimate of drug-likeness (QED) is 0.456. The van der Waals surface area contributed by atoms with E-state index in [2.05, 4.69) is 23.7 Å². The average molecular weight is 499 g/mol. The van der Waals surface area contributed by atoms with Gasteiger partial charge in [-0.15, -0.1) is 0 Å². The third-order valence-corrected chi connectivity index (χ3v) is 8.26. The van der Waals surface area contributed by atoms with Crippen molar-refractivity contribution in [2.45, 2.75) is 57.4 Å². The summed E-state index contributed by atoms with van der Waals surface area (Å²) in [6.45, 7) is 6.52. The van der Waals surface area contributed by atoms with Crippen molar-refractivity contribution in [2.75, 3.05) is 31.6 Å². The molecule has 0 bridgehead atoms. The largest absolute Gasteiger partial charge is 0.379 e. The minimum Gasteiger partial charge on any atom is -0.379 e. The summed E-state index contributed by atoms with van der Waals surface area (Å²) in [6, 6.07) is 13.0. The van der Waals surface area contributed by atoms with Crippen LogP contribution >= 0.6 is 0 Å². The molecule has 0 aliphatic carbocycles. The molecule has 35 heavy (non-hydrogen) atoms. The Morgan fingerprint density at radius 3 is 2.51 bits per heavy atom. The van der Waals surface area contributed by atoms with E-state index in [1.165, 1.54) is 9.87 Å². The summed E-state index contributed by atoms with van der Waals surface area (Å²) in [5.74, 6) is 0.727. The number of morpholine rings is 1. The van der Waals surface area contributed by atoms with Gasteiger partial charge in [0.2, 0.25) is 15.9 Å². The Morgan fingerprint density at radius 2 is 1.83 bits per heavy atom. The van der Waals surface area contributed by atoms with E-state index >= 15 is 0 Å². The van der Waals surface area contributed by atoms with E-state index < -0.39 is 10.0 Å². The van der Waals surface area contributed by atoms with Gasteiger partial charge >= 0.3 is 0 Å². The molecular formula is C26H34N4O4S. The molecule has 3 aromatic rings. The smallest absolute Gasteiger partial charge is 0.243 e. The number of anilines is 1. The van der Waals surface area contributed by atoms with Crippen molar-refractivity contribution in [1.29, 1.82) is 0 Å². The Morgan fingerprint density at radius 1 is 1.09 bits per heavy atom. The monoisotopic (exact) mass is 498 g/mol. The van der Waals surface area contributed by atoms with Gasteiger partial charge in [-0.1, -0.05) is 32.4 Å². The summed E-state index contributed by atoms with van der Waals surface area (Å²) in [7, 11) is -3.60. The molecule has 1 amide bonds. The molecule has 9 heteroatoms. The number of nitrogens with one attached hydrogen (secondary N) is 1. The van der Waals surface area contributed by atoms with E-state index in [1.807, 2.05) is 30.3 Å². The van der Waals surface area contributed by atoms with Gasteiger partial charge in [0.25, 0.3) is 0 Å². The summed E-state index contributed by atoms with van der Waals surface area (Å²) in [6.07, 6.45) is 3.73. The van der Waals surface area contributed by atoms with Gasteiger partial charge in [0.05, 0.1) is 29.1 Å². The number of carbonyl (C=O) groups excluding carboxylic acids is 1. The summed E-state index contributed by atoms with van der Waals surface area (Å²) in [4.78, 5) is 17.6. The van der Waals surface area contributed by atoms with Gasteiger partial charge < -0.3 is 14.6 Å². The number of imidazole rings is 1. The van der Waals surface area contributed by atoms with Gasteiger partial charge in [-0.05, 0) is 48.7 Å². The van der Waals surface area contributed by atoms with Crippen LogP contribution in [0.15, 0.2) is 47.4 Å². The minimum absolute atomic E-state index is 0.0704. The standard InChI is InChI=1S/C26H34N4O4S/c1-3-5-14-30-24-11-10-22(35(32,33)29-15-17-34-18-16-29)19-23(24)28-25(30)12-13-26(31)27-21-8-6-20(4-2)7-9-21/h6-11,19H,3-5,12-18H2,1-2H3,(H,27,31). The first-order valence-corrected chi connectivity index (χ1v) is 13.8. The lowest BCUT2D eigenvalue weighted by Gasteiger charge is -2.26. The first-order valence-electron chi connectivity index (χ1n) is 12.4. The van der Waals surface area contributed by atoms with Crippen LogP contribution in [-0.2, 0) is 38.9 Å². The molecule has 1 aliphatic rings. The van der Waals surface area contributed by atoms with Crippen molar-refractivity contribution in [1.82, 2.24) is 13.9 Å². The summed E-state index contributed by atoms with van der Waals surface area (Å²) in [5, 5.41) is 2.95. The number of aryl methyl sites for hydroxylation is 3. The second kappa shape index (κ2) is 11.3. The van der Waals surface area contributed by atoms with Crippen LogP contribution in [0, 0.1) is 0 Å². The molecule has 0 unspecified atom stereocenters. The van der Waals surface area contributed by atoms with E-state index in [9.17, 15) is 13.2 Å². The Kier molecular flexibility index (Phi) is 8.20. The summed E-state index contributed by atoms with van der Waals surface area (Å²) in [5.41, 5.74) is 3.54. The maximum atomic E-state index is 13.1. The lowest BCUT2D eigenvalue weighted by molar-refractivity contribution is -0.116. The number of aromatic nitrogens is 2. The van der Waals surface area contributed by atoms with Crippen LogP contribution in [0.1, 0.15) is 44.5 Å². The molecule has 4 rings (SSSR count). The number of carbonyl (C=O) groups is 1. The van der Waals surface area contributed by atoms with E-state index in [4.69, 9.17) is 9.72 Å². The van der Waals surface area contributed by atoms with E-state index in [-0.39, 0.29) is 10.8 Å². The molecule has 2 aromatic carbocycles. The fraction of sp³-hybridized carbons (Fsp3) is 0.462. The minimum atomic E-state index is -3.60. The van der Waals surface area contributed by atoms with Crippen LogP contribution in [0.4, 0.5) is 5.69 Å². The van der Waals surface area contributed by atoms with Gasteiger partial charge in [-0.3, -0.25) is 4.79 Å². The molecule has 0 atom stereocenters. The number of hydrogen-bond donors (Lipinski definition) is 1. The number of benzene rings is 2. The van der Waals surface area contributed by atoms with Crippen molar-refractivity contribution in [3.05, 3.63) is 53.9 Å². The molecule has 8 nitrogen and oxygen atoms in total. The average Bonchev–Trinajstić information content (AvgIpc) is 3.23. The fourth-order valence-electron chi connectivity index (χ4n) is 4.29. The van der Waals surface area contributed by atoms with Crippen LogP contribution in [0.2, 0.25) is 0 Å². The third kappa shape index (κ3) is 5.91.